The normalized spacial score (nSPS) is 20.4. The van der Waals surface area contributed by atoms with Gasteiger partial charge in [0.2, 0.25) is 5.91 Å². The second-order valence-electron chi connectivity index (χ2n) is 6.04. The molecule has 3 nitrogen and oxygen atoms in total. The Bertz CT molecular complexity index is 235. The van der Waals surface area contributed by atoms with E-state index >= 15 is 0 Å². The van der Waals surface area contributed by atoms with E-state index in [1.165, 1.54) is 32.1 Å². The molecule has 1 aliphatic rings. The monoisotopic (exact) mass is 255 g/mol. The predicted molar refractivity (Wildman–Crippen MR) is 74.3 cm³/mol. The first kappa shape index (κ1) is 15.5. The number of carbonyl (C=O) groups excluding carboxylic acids is 1. The van der Waals surface area contributed by atoms with Gasteiger partial charge in [-0.1, -0.05) is 39.0 Å². The summed E-state index contributed by atoms with van der Waals surface area (Å²) in [4.78, 5) is 11.7. The molecule has 18 heavy (non-hydrogen) atoms. The van der Waals surface area contributed by atoms with E-state index in [0.717, 1.165) is 18.8 Å². The second kappa shape index (κ2) is 8.52. The number of hydrogen-bond donors (Lipinski definition) is 2. The number of amides is 1. The summed E-state index contributed by atoms with van der Waals surface area (Å²) in [5.41, 5.74) is 0. The number of hydrogen-bond acceptors (Lipinski definition) is 2. The highest BCUT2D eigenvalue weighted by Crippen LogP contribution is 2.27. The highest BCUT2D eigenvalue weighted by Gasteiger charge is 2.15. The lowest BCUT2D eigenvalue weighted by Crippen LogP contribution is -2.29. The van der Waals surface area contributed by atoms with Gasteiger partial charge in [0, 0.05) is 13.0 Å². The van der Waals surface area contributed by atoms with E-state index in [9.17, 15) is 9.90 Å². The highest BCUT2D eigenvalue weighted by atomic mass is 16.3. The summed E-state index contributed by atoms with van der Waals surface area (Å²) in [6.07, 6.45) is 8.89. The summed E-state index contributed by atoms with van der Waals surface area (Å²) in [5.74, 6) is 1.31. The zero-order valence-electron chi connectivity index (χ0n) is 12.0. The quantitative estimate of drug-likeness (QED) is 0.735. The molecule has 1 amide bonds. The van der Waals surface area contributed by atoms with Crippen molar-refractivity contribution < 1.29 is 9.90 Å². The van der Waals surface area contributed by atoms with Gasteiger partial charge in [0.15, 0.2) is 0 Å². The van der Waals surface area contributed by atoms with Crippen molar-refractivity contribution in [1.29, 1.82) is 0 Å². The molecule has 0 spiro atoms. The van der Waals surface area contributed by atoms with Gasteiger partial charge >= 0.3 is 0 Å². The van der Waals surface area contributed by atoms with Crippen molar-refractivity contribution in [2.75, 3.05) is 6.54 Å². The van der Waals surface area contributed by atoms with Gasteiger partial charge in [-0.15, -0.1) is 0 Å². The molecular formula is C15H29NO2. The fourth-order valence-electron chi connectivity index (χ4n) is 2.85. The van der Waals surface area contributed by atoms with Crippen molar-refractivity contribution in [3.8, 4) is 0 Å². The molecule has 2 N–H and O–H groups in total. The first-order valence-corrected chi connectivity index (χ1v) is 7.52. The van der Waals surface area contributed by atoms with Crippen molar-refractivity contribution in [3.63, 3.8) is 0 Å². The molecule has 0 bridgehead atoms. The smallest absolute Gasteiger partial charge is 0.220 e. The zero-order chi connectivity index (χ0) is 13.4. The third-order valence-corrected chi connectivity index (χ3v) is 3.90. The number of carbonyl (C=O) groups is 1. The summed E-state index contributed by atoms with van der Waals surface area (Å²) < 4.78 is 0. The van der Waals surface area contributed by atoms with Crippen LogP contribution >= 0.6 is 0 Å². The van der Waals surface area contributed by atoms with Crippen LogP contribution in [-0.4, -0.2) is 23.7 Å². The molecule has 0 radical (unpaired) electrons. The maximum absolute atomic E-state index is 11.7. The van der Waals surface area contributed by atoms with Gasteiger partial charge in [-0.25, -0.2) is 0 Å². The Kier molecular flexibility index (Phi) is 7.33. The fourth-order valence-corrected chi connectivity index (χ4v) is 2.85. The SMILES string of the molecule is CC(O)CC(C)CNC(=O)CCC1CCCCC1. The van der Waals surface area contributed by atoms with Crippen LogP contribution in [0.2, 0.25) is 0 Å². The average molecular weight is 255 g/mol. The summed E-state index contributed by atoms with van der Waals surface area (Å²) in [6.45, 7) is 4.55. The Morgan fingerprint density at radius 2 is 1.94 bits per heavy atom. The van der Waals surface area contributed by atoms with E-state index in [1.54, 1.807) is 6.92 Å². The minimum absolute atomic E-state index is 0.179. The zero-order valence-corrected chi connectivity index (χ0v) is 12.0. The molecule has 0 aliphatic heterocycles. The molecule has 0 aromatic carbocycles. The van der Waals surface area contributed by atoms with Crippen molar-refractivity contribution in [3.05, 3.63) is 0 Å². The molecule has 1 saturated carbocycles. The van der Waals surface area contributed by atoms with Gasteiger partial charge in [0.25, 0.3) is 0 Å². The Hall–Kier alpha value is -0.570. The predicted octanol–water partition coefficient (Wildman–Crippen LogP) is 2.87. The summed E-state index contributed by atoms with van der Waals surface area (Å²) in [7, 11) is 0. The second-order valence-corrected chi connectivity index (χ2v) is 6.04. The van der Waals surface area contributed by atoms with Crippen LogP contribution in [-0.2, 0) is 4.79 Å². The van der Waals surface area contributed by atoms with Crippen molar-refractivity contribution in [2.45, 2.75) is 71.3 Å². The van der Waals surface area contributed by atoms with Crippen LogP contribution in [0.3, 0.4) is 0 Å². The maximum atomic E-state index is 11.7. The highest BCUT2D eigenvalue weighted by molar-refractivity contribution is 5.75. The van der Waals surface area contributed by atoms with E-state index in [1.807, 2.05) is 0 Å². The van der Waals surface area contributed by atoms with Crippen molar-refractivity contribution in [1.82, 2.24) is 5.32 Å². The van der Waals surface area contributed by atoms with E-state index in [4.69, 9.17) is 0 Å². The van der Waals surface area contributed by atoms with Crippen LogP contribution in [0.15, 0.2) is 0 Å². The molecule has 2 atom stereocenters. The molecule has 3 heteroatoms. The largest absolute Gasteiger partial charge is 0.393 e. The molecule has 1 aliphatic carbocycles. The number of aliphatic hydroxyl groups is 1. The lowest BCUT2D eigenvalue weighted by molar-refractivity contribution is -0.121. The fraction of sp³-hybridized carbons (Fsp3) is 0.933. The number of nitrogens with one attached hydrogen (secondary N) is 1. The average Bonchev–Trinajstić information content (AvgIpc) is 2.34. The van der Waals surface area contributed by atoms with Gasteiger partial charge in [0.1, 0.15) is 0 Å². The number of rotatable bonds is 7. The maximum Gasteiger partial charge on any atom is 0.220 e. The van der Waals surface area contributed by atoms with Crippen molar-refractivity contribution >= 4 is 5.91 Å². The van der Waals surface area contributed by atoms with Crippen LogP contribution in [0.4, 0.5) is 0 Å². The lowest BCUT2D eigenvalue weighted by atomic mass is 9.86. The molecule has 0 heterocycles. The van der Waals surface area contributed by atoms with Crippen molar-refractivity contribution in [2.24, 2.45) is 11.8 Å². The minimum atomic E-state index is -0.279. The van der Waals surface area contributed by atoms with Gasteiger partial charge in [0.05, 0.1) is 6.10 Å². The Morgan fingerprint density at radius 1 is 1.28 bits per heavy atom. The van der Waals surface area contributed by atoms with E-state index in [2.05, 4.69) is 12.2 Å². The molecule has 1 rings (SSSR count). The van der Waals surface area contributed by atoms with E-state index in [0.29, 0.717) is 18.9 Å². The summed E-state index contributed by atoms with van der Waals surface area (Å²) >= 11 is 0. The molecule has 0 aromatic rings. The standard InChI is InChI=1S/C15H29NO2/c1-12(10-13(2)17)11-16-15(18)9-8-14-6-4-3-5-7-14/h12-14,17H,3-11H2,1-2H3,(H,16,18). The van der Waals surface area contributed by atoms with Crippen LogP contribution in [0.25, 0.3) is 0 Å². The first-order chi connectivity index (χ1) is 8.58. The van der Waals surface area contributed by atoms with Gasteiger partial charge in [-0.3, -0.25) is 4.79 Å². The van der Waals surface area contributed by atoms with Gasteiger partial charge < -0.3 is 10.4 Å². The topological polar surface area (TPSA) is 49.3 Å². The molecule has 0 aromatic heterocycles. The Balaban J connectivity index is 2.06. The number of aliphatic hydroxyl groups excluding tert-OH is 1. The minimum Gasteiger partial charge on any atom is -0.393 e. The van der Waals surface area contributed by atoms with Gasteiger partial charge in [-0.2, -0.15) is 0 Å². The molecule has 106 valence electrons. The van der Waals surface area contributed by atoms with Crippen LogP contribution < -0.4 is 5.32 Å². The third-order valence-electron chi connectivity index (χ3n) is 3.90. The molecule has 0 saturated heterocycles. The summed E-state index contributed by atoms with van der Waals surface area (Å²) in [5, 5.41) is 12.2. The van der Waals surface area contributed by atoms with Crippen LogP contribution in [0.5, 0.6) is 0 Å². The lowest BCUT2D eigenvalue weighted by Gasteiger charge is -2.21. The molecular weight excluding hydrogens is 226 g/mol. The van der Waals surface area contributed by atoms with Crippen LogP contribution in [0, 0.1) is 11.8 Å². The Morgan fingerprint density at radius 3 is 2.56 bits per heavy atom. The molecule has 2 unspecified atom stereocenters. The Labute approximate surface area is 111 Å². The molecule has 1 fully saturated rings. The van der Waals surface area contributed by atoms with Crippen LogP contribution in [0.1, 0.15) is 65.2 Å². The first-order valence-electron chi connectivity index (χ1n) is 7.52. The van der Waals surface area contributed by atoms with E-state index < -0.39 is 0 Å². The van der Waals surface area contributed by atoms with E-state index in [-0.39, 0.29) is 12.0 Å². The van der Waals surface area contributed by atoms with Gasteiger partial charge in [-0.05, 0) is 31.6 Å². The summed E-state index contributed by atoms with van der Waals surface area (Å²) in [6, 6.07) is 0. The third kappa shape index (κ3) is 7.00.